The minimum absolute atomic E-state index is 0.0150. The molecular formula is C30H32N2O. The van der Waals surface area contributed by atoms with Gasteiger partial charge in [-0.05, 0) is 59.9 Å². The van der Waals surface area contributed by atoms with E-state index in [1.807, 2.05) is 30.3 Å². The Balaban J connectivity index is 1.37. The summed E-state index contributed by atoms with van der Waals surface area (Å²) in [5, 5.41) is 4.50. The van der Waals surface area contributed by atoms with Gasteiger partial charge in [-0.15, -0.1) is 0 Å². The monoisotopic (exact) mass is 436 g/mol. The molecule has 3 heteroatoms. The van der Waals surface area contributed by atoms with Crippen molar-refractivity contribution in [2.45, 2.75) is 39.7 Å². The number of aromatic nitrogens is 1. The average molecular weight is 437 g/mol. The molecule has 5 rings (SSSR count). The van der Waals surface area contributed by atoms with Crippen molar-refractivity contribution in [3.05, 3.63) is 107 Å². The summed E-state index contributed by atoms with van der Waals surface area (Å²) in [4.78, 5) is 12.5. The number of amides is 1. The zero-order valence-electron chi connectivity index (χ0n) is 19.7. The zero-order valence-corrected chi connectivity index (χ0v) is 19.7. The Kier molecular flexibility index (Phi) is 5.57. The summed E-state index contributed by atoms with van der Waals surface area (Å²) in [6.07, 6.45) is 0.994. The van der Waals surface area contributed by atoms with Crippen molar-refractivity contribution in [2.75, 3.05) is 6.54 Å². The van der Waals surface area contributed by atoms with Crippen molar-refractivity contribution < 1.29 is 4.79 Å². The highest BCUT2D eigenvalue weighted by molar-refractivity contribution is 5.94. The van der Waals surface area contributed by atoms with E-state index in [0.717, 1.165) is 18.5 Å². The number of rotatable bonds is 7. The van der Waals surface area contributed by atoms with Crippen molar-refractivity contribution in [2.24, 2.45) is 11.3 Å². The van der Waals surface area contributed by atoms with E-state index in [0.29, 0.717) is 18.4 Å². The highest BCUT2D eigenvalue weighted by Gasteiger charge is 2.58. The number of para-hydroxylation sites is 1. The van der Waals surface area contributed by atoms with Crippen LogP contribution in [0.3, 0.4) is 0 Å². The van der Waals surface area contributed by atoms with Crippen LogP contribution in [0.25, 0.3) is 10.9 Å². The van der Waals surface area contributed by atoms with Gasteiger partial charge in [0.1, 0.15) is 0 Å². The summed E-state index contributed by atoms with van der Waals surface area (Å²) in [5.41, 5.74) is 6.45. The number of nitrogens with zero attached hydrogens (tertiary/aromatic N) is 1. The maximum atomic E-state index is 12.5. The standard InChI is InChI=1S/C30H32N2O/c1-21-27(24-16-10-11-17-26(24)32(21)20-22-12-6-4-7-13-22)28-25(30(28,2)3)18-19-31-29(33)23-14-8-5-9-15-23/h4-17,25,28H,18-20H2,1-3H3,(H,31,33)/t25-,28+/m0/s1. The Morgan fingerprint density at radius 3 is 2.27 bits per heavy atom. The predicted molar refractivity (Wildman–Crippen MR) is 136 cm³/mol. The molecule has 33 heavy (non-hydrogen) atoms. The van der Waals surface area contributed by atoms with E-state index in [1.54, 1.807) is 0 Å². The first-order valence-corrected chi connectivity index (χ1v) is 11.9. The predicted octanol–water partition coefficient (Wildman–Crippen LogP) is 6.56. The van der Waals surface area contributed by atoms with E-state index in [4.69, 9.17) is 0 Å². The van der Waals surface area contributed by atoms with Crippen LogP contribution in [0, 0.1) is 18.3 Å². The van der Waals surface area contributed by atoms with Gasteiger partial charge < -0.3 is 9.88 Å². The van der Waals surface area contributed by atoms with Crippen molar-refractivity contribution in [1.82, 2.24) is 9.88 Å². The Morgan fingerprint density at radius 2 is 1.55 bits per heavy atom. The van der Waals surface area contributed by atoms with Crippen molar-refractivity contribution in [3.63, 3.8) is 0 Å². The molecule has 0 bridgehead atoms. The first kappa shape index (κ1) is 21.5. The lowest BCUT2D eigenvalue weighted by molar-refractivity contribution is 0.0952. The molecule has 0 unspecified atom stereocenters. The van der Waals surface area contributed by atoms with Crippen LogP contribution in [0.2, 0.25) is 0 Å². The highest BCUT2D eigenvalue weighted by Crippen LogP contribution is 2.67. The molecular weight excluding hydrogens is 404 g/mol. The number of nitrogens with one attached hydrogen (secondary N) is 1. The van der Waals surface area contributed by atoms with E-state index in [-0.39, 0.29) is 11.3 Å². The normalized spacial score (nSPS) is 18.9. The molecule has 3 aromatic carbocycles. The summed E-state index contributed by atoms with van der Waals surface area (Å²) in [7, 11) is 0. The molecule has 1 aliphatic rings. The van der Waals surface area contributed by atoms with Crippen LogP contribution in [-0.2, 0) is 6.54 Å². The topological polar surface area (TPSA) is 34.0 Å². The quantitative estimate of drug-likeness (QED) is 0.350. The number of carbonyl (C=O) groups is 1. The summed E-state index contributed by atoms with van der Waals surface area (Å²) in [6, 6.07) is 29.0. The van der Waals surface area contributed by atoms with Gasteiger partial charge in [-0.1, -0.05) is 80.6 Å². The summed E-state index contributed by atoms with van der Waals surface area (Å²) >= 11 is 0. The minimum Gasteiger partial charge on any atom is -0.352 e. The lowest BCUT2D eigenvalue weighted by Crippen LogP contribution is -2.24. The van der Waals surface area contributed by atoms with E-state index >= 15 is 0 Å². The molecule has 1 saturated carbocycles. The maximum absolute atomic E-state index is 12.5. The van der Waals surface area contributed by atoms with Crippen molar-refractivity contribution in [3.8, 4) is 0 Å². The molecule has 1 N–H and O–H groups in total. The molecule has 0 aliphatic heterocycles. The second kappa shape index (κ2) is 8.55. The van der Waals surface area contributed by atoms with E-state index in [2.05, 4.69) is 85.3 Å². The third-order valence-corrected chi connectivity index (χ3v) is 7.60. The van der Waals surface area contributed by atoms with Crippen LogP contribution in [0.4, 0.5) is 0 Å². The van der Waals surface area contributed by atoms with Gasteiger partial charge in [0.15, 0.2) is 0 Å². The molecule has 1 heterocycles. The third-order valence-electron chi connectivity index (χ3n) is 7.60. The fraction of sp³-hybridized carbons (Fsp3) is 0.300. The molecule has 1 amide bonds. The summed E-state index contributed by atoms with van der Waals surface area (Å²) in [6.45, 7) is 8.63. The molecule has 3 nitrogen and oxygen atoms in total. The largest absolute Gasteiger partial charge is 0.352 e. The van der Waals surface area contributed by atoms with Crippen LogP contribution in [-0.4, -0.2) is 17.0 Å². The van der Waals surface area contributed by atoms with E-state index < -0.39 is 0 Å². The molecule has 0 spiro atoms. The van der Waals surface area contributed by atoms with Gasteiger partial charge in [-0.3, -0.25) is 4.79 Å². The lowest BCUT2D eigenvalue weighted by atomic mass is 10.0. The molecule has 1 aliphatic carbocycles. The van der Waals surface area contributed by atoms with Gasteiger partial charge in [0.25, 0.3) is 5.91 Å². The van der Waals surface area contributed by atoms with E-state index in [9.17, 15) is 4.79 Å². The maximum Gasteiger partial charge on any atom is 0.251 e. The van der Waals surface area contributed by atoms with Crippen LogP contribution < -0.4 is 5.32 Å². The fourth-order valence-corrected chi connectivity index (χ4v) is 5.71. The molecule has 1 fully saturated rings. The Bertz CT molecular complexity index is 1270. The lowest BCUT2D eigenvalue weighted by Gasteiger charge is -2.10. The zero-order chi connectivity index (χ0) is 23.0. The number of hydrogen-bond acceptors (Lipinski definition) is 1. The van der Waals surface area contributed by atoms with Crippen molar-refractivity contribution >= 4 is 16.8 Å². The summed E-state index contributed by atoms with van der Waals surface area (Å²) < 4.78 is 2.47. The average Bonchev–Trinajstić information content (AvgIpc) is 3.26. The third kappa shape index (κ3) is 3.97. The number of carbonyl (C=O) groups excluding carboxylic acids is 1. The molecule has 0 radical (unpaired) electrons. The van der Waals surface area contributed by atoms with Gasteiger partial charge >= 0.3 is 0 Å². The molecule has 1 aromatic heterocycles. The number of fused-ring (bicyclic) bond motifs is 1. The molecule has 2 atom stereocenters. The second-order valence-corrected chi connectivity index (χ2v) is 9.90. The minimum atomic E-state index is 0.0150. The molecule has 0 saturated heterocycles. The smallest absolute Gasteiger partial charge is 0.251 e. The molecule has 4 aromatic rings. The van der Waals surface area contributed by atoms with E-state index in [1.165, 1.54) is 27.7 Å². The fourth-order valence-electron chi connectivity index (χ4n) is 5.71. The first-order chi connectivity index (χ1) is 16.0. The summed E-state index contributed by atoms with van der Waals surface area (Å²) in [5.74, 6) is 1.08. The second-order valence-electron chi connectivity index (χ2n) is 9.90. The van der Waals surface area contributed by atoms with Crippen LogP contribution >= 0.6 is 0 Å². The van der Waals surface area contributed by atoms with Crippen LogP contribution in [0.15, 0.2) is 84.9 Å². The van der Waals surface area contributed by atoms with Crippen LogP contribution in [0.5, 0.6) is 0 Å². The van der Waals surface area contributed by atoms with Crippen LogP contribution in [0.1, 0.15) is 53.4 Å². The molecule has 168 valence electrons. The van der Waals surface area contributed by atoms with Crippen molar-refractivity contribution in [1.29, 1.82) is 0 Å². The van der Waals surface area contributed by atoms with Gasteiger partial charge in [-0.25, -0.2) is 0 Å². The number of hydrogen-bond donors (Lipinski definition) is 1. The first-order valence-electron chi connectivity index (χ1n) is 11.9. The highest BCUT2D eigenvalue weighted by atomic mass is 16.1. The Morgan fingerprint density at radius 1 is 0.909 bits per heavy atom. The Labute approximate surface area is 196 Å². The SMILES string of the molecule is Cc1c([C@H]2[C@H](CCNC(=O)c3ccccc3)C2(C)C)c2ccccc2n1Cc1ccccc1. The Hall–Kier alpha value is -3.33. The van der Waals surface area contributed by atoms with Gasteiger partial charge in [0.05, 0.1) is 0 Å². The van der Waals surface area contributed by atoms with Gasteiger partial charge in [-0.2, -0.15) is 0 Å². The van der Waals surface area contributed by atoms with Gasteiger partial charge in [0, 0.05) is 35.2 Å². The number of benzene rings is 3. The van der Waals surface area contributed by atoms with Gasteiger partial charge in [0.2, 0.25) is 0 Å².